The number of nitrogens with one attached hydrogen (secondary N) is 2. The maximum Gasteiger partial charge on any atom is 0.335 e. The number of anilines is 2. The van der Waals surface area contributed by atoms with Crippen molar-refractivity contribution < 1.29 is 19.1 Å². The van der Waals surface area contributed by atoms with Gasteiger partial charge in [-0.15, -0.1) is 0 Å². The smallest absolute Gasteiger partial charge is 0.335 e. The average Bonchev–Trinajstić information content (AvgIpc) is 3.32. The van der Waals surface area contributed by atoms with Gasteiger partial charge in [-0.3, -0.25) is 14.3 Å². The van der Waals surface area contributed by atoms with Crippen LogP contribution < -0.4 is 10.9 Å². The van der Waals surface area contributed by atoms with Crippen LogP contribution in [0.2, 0.25) is 0 Å². The zero-order valence-corrected chi connectivity index (χ0v) is 24.2. The van der Waals surface area contributed by atoms with Gasteiger partial charge >= 0.3 is 5.97 Å². The number of pyridine rings is 2. The summed E-state index contributed by atoms with van der Waals surface area (Å²) in [6.45, 7) is 5.43. The summed E-state index contributed by atoms with van der Waals surface area (Å²) in [4.78, 5) is 46.7. The minimum atomic E-state index is -0.901. The monoisotopic (exact) mass is 571 g/mol. The number of H-pyrrole nitrogens is 1. The summed E-state index contributed by atoms with van der Waals surface area (Å²) < 4.78 is 13.2. The van der Waals surface area contributed by atoms with Crippen LogP contribution in [0.25, 0.3) is 21.8 Å². The molecule has 12 nitrogen and oxygen atoms in total. The third kappa shape index (κ3) is 5.56. The number of amides is 1. The van der Waals surface area contributed by atoms with Gasteiger partial charge in [-0.1, -0.05) is 6.07 Å². The van der Waals surface area contributed by atoms with Gasteiger partial charge in [-0.05, 0) is 63.9 Å². The third-order valence-corrected chi connectivity index (χ3v) is 7.13. The van der Waals surface area contributed by atoms with Crippen molar-refractivity contribution in [2.24, 2.45) is 0 Å². The van der Waals surface area contributed by atoms with Gasteiger partial charge in [0.05, 0.1) is 35.7 Å². The Morgan fingerprint density at radius 2 is 2.05 bits per heavy atom. The van der Waals surface area contributed by atoms with Gasteiger partial charge in [0.25, 0.3) is 11.5 Å². The predicted octanol–water partition coefficient (Wildman–Crippen LogP) is 3.85. The Morgan fingerprint density at radius 1 is 1.26 bits per heavy atom. The number of nitriles is 1. The van der Waals surface area contributed by atoms with Crippen molar-refractivity contribution in [3.05, 3.63) is 58.6 Å². The molecule has 1 aliphatic rings. The molecule has 0 radical (unpaired) electrons. The molecule has 2 atom stereocenters. The van der Waals surface area contributed by atoms with E-state index >= 15 is 0 Å². The van der Waals surface area contributed by atoms with E-state index in [1.807, 2.05) is 12.1 Å². The lowest BCUT2D eigenvalue weighted by atomic mass is 9.87. The molecular formula is C30H33N7O5. The fourth-order valence-corrected chi connectivity index (χ4v) is 5.11. The van der Waals surface area contributed by atoms with Crippen molar-refractivity contribution >= 4 is 45.2 Å². The number of hydrogen-bond acceptors (Lipinski definition) is 9. The Balaban J connectivity index is 1.48. The molecule has 1 aromatic carbocycles. The lowest BCUT2D eigenvalue weighted by Gasteiger charge is -2.39. The van der Waals surface area contributed by atoms with E-state index in [2.05, 4.69) is 21.4 Å². The predicted molar refractivity (Wildman–Crippen MR) is 156 cm³/mol. The molecule has 4 heterocycles. The molecule has 5 rings (SSSR count). The van der Waals surface area contributed by atoms with Gasteiger partial charge in [0.15, 0.2) is 11.9 Å². The van der Waals surface area contributed by atoms with Gasteiger partial charge in [0, 0.05) is 31.4 Å². The second kappa shape index (κ2) is 10.9. The molecular weight excluding hydrogens is 538 g/mol. The maximum absolute atomic E-state index is 13.0. The maximum atomic E-state index is 13.0. The Morgan fingerprint density at radius 3 is 2.71 bits per heavy atom. The molecule has 1 aliphatic heterocycles. The number of nitrogens with zero attached hydrogens (tertiary/aromatic N) is 5. The third-order valence-electron chi connectivity index (χ3n) is 7.13. The largest absolute Gasteiger partial charge is 0.458 e. The number of esters is 1. The van der Waals surface area contributed by atoms with Crippen LogP contribution in [0.4, 0.5) is 11.5 Å². The fraction of sp³-hybridized carbons (Fsp3) is 0.400. The lowest BCUT2D eigenvalue weighted by molar-refractivity contribution is -0.176. The minimum absolute atomic E-state index is 0.0448. The van der Waals surface area contributed by atoms with Crippen molar-refractivity contribution in [3.63, 3.8) is 0 Å². The molecule has 0 saturated carbocycles. The number of aromatic amines is 1. The van der Waals surface area contributed by atoms with Crippen LogP contribution in [0, 0.1) is 11.3 Å². The molecule has 4 aromatic rings. The van der Waals surface area contributed by atoms with E-state index in [4.69, 9.17) is 14.6 Å². The molecule has 1 amide bonds. The number of rotatable bonds is 6. The number of ether oxygens (including phenoxy) is 2. The molecule has 42 heavy (non-hydrogen) atoms. The van der Waals surface area contributed by atoms with Crippen LogP contribution in [0.15, 0.2) is 47.4 Å². The SMILES string of the molecule is CN(C)C(=O)c1ccc2cc(Nc3nn(C4(CC#N)CCC(C(=O)OC(C)(C)C)OC4)c4cc[nH]c(=O)c34)ccc2n1. The summed E-state index contributed by atoms with van der Waals surface area (Å²) in [5, 5.41) is 18.9. The number of hydrogen-bond donors (Lipinski definition) is 2. The van der Waals surface area contributed by atoms with Crippen LogP contribution >= 0.6 is 0 Å². The number of carbonyl (C=O) groups is 2. The average molecular weight is 572 g/mol. The standard InChI is InChI=1S/C30H33N7O5/c1-29(2,3)42-28(40)23-10-12-30(13-14-31,17-41-23)37-22-11-15-32-26(38)24(22)25(35-37)33-19-7-9-20-18(16-19)6-8-21(34-20)27(39)36(4)5/h6-9,11,15-16,23H,10,12-13,17H2,1-5H3,(H,32,38)(H,33,35). The molecule has 0 aliphatic carbocycles. The van der Waals surface area contributed by atoms with Crippen molar-refractivity contribution in [1.82, 2.24) is 24.6 Å². The second-order valence-electron chi connectivity index (χ2n) is 11.7. The highest BCUT2D eigenvalue weighted by Gasteiger charge is 2.43. The fourth-order valence-electron chi connectivity index (χ4n) is 5.11. The quantitative estimate of drug-likeness (QED) is 0.328. The Labute approximate surface area is 242 Å². The number of benzene rings is 1. The Bertz CT molecular complexity index is 1770. The highest BCUT2D eigenvalue weighted by atomic mass is 16.6. The van der Waals surface area contributed by atoms with E-state index in [0.717, 1.165) is 5.39 Å². The number of aromatic nitrogens is 4. The highest BCUT2D eigenvalue weighted by Crippen LogP contribution is 2.37. The van der Waals surface area contributed by atoms with Crippen LogP contribution in [-0.2, 0) is 19.8 Å². The lowest BCUT2D eigenvalue weighted by Crippen LogP contribution is -2.47. The molecule has 1 fully saturated rings. The molecule has 1 saturated heterocycles. The Kier molecular flexibility index (Phi) is 7.47. The van der Waals surface area contributed by atoms with Gasteiger partial charge < -0.3 is 24.7 Å². The van der Waals surface area contributed by atoms with Crippen molar-refractivity contribution in [2.45, 2.75) is 57.3 Å². The van der Waals surface area contributed by atoms with Crippen molar-refractivity contribution in [3.8, 4) is 6.07 Å². The summed E-state index contributed by atoms with van der Waals surface area (Å²) in [6.07, 6.45) is 1.60. The number of fused-ring (bicyclic) bond motifs is 2. The van der Waals surface area contributed by atoms with Gasteiger partial charge in [-0.2, -0.15) is 10.4 Å². The topological polar surface area (TPSA) is 155 Å². The highest BCUT2D eigenvalue weighted by molar-refractivity contribution is 5.96. The van der Waals surface area contributed by atoms with Crippen LogP contribution in [0.5, 0.6) is 0 Å². The first-order valence-corrected chi connectivity index (χ1v) is 13.6. The summed E-state index contributed by atoms with van der Waals surface area (Å²) >= 11 is 0. The van der Waals surface area contributed by atoms with Crippen molar-refractivity contribution in [2.75, 3.05) is 26.0 Å². The first kappa shape index (κ1) is 28.8. The van der Waals surface area contributed by atoms with Crippen LogP contribution in [-0.4, -0.2) is 68.9 Å². The normalized spacial score (nSPS) is 18.9. The van der Waals surface area contributed by atoms with E-state index < -0.39 is 23.2 Å². The summed E-state index contributed by atoms with van der Waals surface area (Å²) in [5.74, 6) is -0.322. The van der Waals surface area contributed by atoms with E-state index in [9.17, 15) is 19.6 Å². The van der Waals surface area contributed by atoms with Crippen molar-refractivity contribution in [1.29, 1.82) is 5.26 Å². The van der Waals surface area contributed by atoms with E-state index in [0.29, 0.717) is 46.5 Å². The van der Waals surface area contributed by atoms with E-state index in [1.165, 1.54) is 11.1 Å². The second-order valence-corrected chi connectivity index (χ2v) is 11.7. The molecule has 3 aromatic heterocycles. The molecule has 218 valence electrons. The minimum Gasteiger partial charge on any atom is -0.458 e. The summed E-state index contributed by atoms with van der Waals surface area (Å²) in [7, 11) is 3.35. The molecule has 2 N–H and O–H groups in total. The first-order valence-electron chi connectivity index (χ1n) is 13.6. The zero-order valence-electron chi connectivity index (χ0n) is 24.2. The van der Waals surface area contributed by atoms with Crippen LogP contribution in [0.1, 0.15) is 50.5 Å². The molecule has 12 heteroatoms. The first-order chi connectivity index (χ1) is 19.9. The number of carbonyl (C=O) groups excluding carboxylic acids is 2. The summed E-state index contributed by atoms with van der Waals surface area (Å²) in [5.41, 5.74) is 0.291. The zero-order chi connectivity index (χ0) is 30.2. The molecule has 0 spiro atoms. The molecule has 2 unspecified atom stereocenters. The Hall–Kier alpha value is -4.76. The van der Waals surface area contributed by atoms with E-state index in [-0.39, 0.29) is 24.5 Å². The molecule has 0 bridgehead atoms. The van der Waals surface area contributed by atoms with Gasteiger partial charge in [0.2, 0.25) is 0 Å². The summed E-state index contributed by atoms with van der Waals surface area (Å²) in [6, 6.07) is 12.9. The van der Waals surface area contributed by atoms with Gasteiger partial charge in [0.1, 0.15) is 16.7 Å². The van der Waals surface area contributed by atoms with E-state index in [1.54, 1.807) is 63.8 Å². The van der Waals surface area contributed by atoms with Crippen LogP contribution in [0.3, 0.4) is 0 Å². The van der Waals surface area contributed by atoms with Gasteiger partial charge in [-0.25, -0.2) is 9.78 Å².